The van der Waals surface area contributed by atoms with Crippen LogP contribution in [0.3, 0.4) is 0 Å². The average Bonchev–Trinajstić information content (AvgIpc) is 2.76. The van der Waals surface area contributed by atoms with Crippen molar-refractivity contribution in [3.8, 4) is 5.75 Å². The molecule has 0 radical (unpaired) electrons. The number of halogens is 1. The van der Waals surface area contributed by atoms with E-state index in [1.54, 1.807) is 35.4 Å². The molecule has 30 heavy (non-hydrogen) atoms. The lowest BCUT2D eigenvalue weighted by atomic mass is 10.0. The molecular weight excluding hydrogens is 385 g/mol. The topological polar surface area (TPSA) is 71.5 Å². The van der Waals surface area contributed by atoms with Crippen LogP contribution in [0.4, 0.5) is 10.2 Å². The fourth-order valence-corrected chi connectivity index (χ4v) is 3.41. The summed E-state index contributed by atoms with van der Waals surface area (Å²) < 4.78 is 18.8. The van der Waals surface area contributed by atoms with Crippen molar-refractivity contribution in [3.63, 3.8) is 0 Å². The molecule has 4 rings (SSSR count). The second kappa shape index (κ2) is 8.90. The van der Waals surface area contributed by atoms with Crippen molar-refractivity contribution in [2.45, 2.75) is 19.3 Å². The van der Waals surface area contributed by atoms with Crippen LogP contribution >= 0.6 is 0 Å². The third kappa shape index (κ3) is 4.92. The Morgan fingerprint density at radius 1 is 1.27 bits per heavy atom. The highest BCUT2D eigenvalue weighted by atomic mass is 19.1. The molecule has 2 aliphatic rings. The molecule has 0 fully saturated rings. The number of amides is 2. The number of anilines is 1. The van der Waals surface area contributed by atoms with Gasteiger partial charge in [0, 0.05) is 37.8 Å². The number of rotatable bonds is 5. The number of carbonyl (C=O) groups is 2. The van der Waals surface area contributed by atoms with Gasteiger partial charge in [-0.3, -0.25) is 9.59 Å². The normalized spacial score (nSPS) is 16.1. The number of hydrogen-bond donors (Lipinski definition) is 1. The summed E-state index contributed by atoms with van der Waals surface area (Å²) in [6, 6.07) is 8.01. The Hall–Kier alpha value is -3.48. The first-order chi connectivity index (χ1) is 14.6. The van der Waals surface area contributed by atoms with E-state index in [2.05, 4.69) is 10.3 Å². The van der Waals surface area contributed by atoms with Crippen molar-refractivity contribution in [1.82, 2.24) is 9.88 Å². The Labute approximate surface area is 174 Å². The van der Waals surface area contributed by atoms with Crippen LogP contribution in [0.5, 0.6) is 5.75 Å². The number of carbonyl (C=O) groups excluding carboxylic acids is 2. The summed E-state index contributed by atoms with van der Waals surface area (Å²) in [5.41, 5.74) is 2.90. The largest absolute Gasteiger partial charge is 0.489 e. The highest BCUT2D eigenvalue weighted by Gasteiger charge is 2.17. The molecule has 6 nitrogen and oxygen atoms in total. The Kier molecular flexibility index (Phi) is 5.88. The van der Waals surface area contributed by atoms with Gasteiger partial charge in [-0.2, -0.15) is 0 Å². The van der Waals surface area contributed by atoms with E-state index in [-0.39, 0.29) is 17.6 Å². The first-order valence-electron chi connectivity index (χ1n) is 9.89. The Balaban J connectivity index is 1.30. The van der Waals surface area contributed by atoms with Gasteiger partial charge in [-0.15, -0.1) is 0 Å². The summed E-state index contributed by atoms with van der Waals surface area (Å²) in [5, 5.41) is 2.75. The molecule has 1 aromatic carbocycles. The summed E-state index contributed by atoms with van der Waals surface area (Å²) >= 11 is 0. The number of hydrogen-bond acceptors (Lipinski definition) is 4. The predicted molar refractivity (Wildman–Crippen MR) is 111 cm³/mol. The number of pyridine rings is 1. The molecule has 3 heterocycles. The maximum atomic E-state index is 13.2. The van der Waals surface area contributed by atoms with Crippen LogP contribution in [-0.2, 0) is 16.0 Å². The van der Waals surface area contributed by atoms with Crippen molar-refractivity contribution in [2.75, 3.05) is 25.0 Å². The van der Waals surface area contributed by atoms with Gasteiger partial charge in [-0.1, -0.05) is 12.1 Å². The summed E-state index contributed by atoms with van der Waals surface area (Å²) in [4.78, 5) is 29.9. The van der Waals surface area contributed by atoms with Gasteiger partial charge >= 0.3 is 0 Å². The van der Waals surface area contributed by atoms with E-state index >= 15 is 0 Å². The number of nitrogens with zero attached hydrogens (tertiary/aromatic N) is 2. The first kappa shape index (κ1) is 19.8. The first-order valence-corrected chi connectivity index (χ1v) is 9.89. The van der Waals surface area contributed by atoms with Crippen molar-refractivity contribution in [1.29, 1.82) is 0 Å². The van der Waals surface area contributed by atoms with Gasteiger partial charge in [0.25, 0.3) is 0 Å². The summed E-state index contributed by atoms with van der Waals surface area (Å²) in [7, 11) is 0. The second-order valence-corrected chi connectivity index (χ2v) is 7.30. The molecule has 0 bridgehead atoms. The Bertz CT molecular complexity index is 1030. The number of fused-ring (bicyclic) bond motifs is 1. The van der Waals surface area contributed by atoms with Gasteiger partial charge in [-0.25, -0.2) is 9.37 Å². The lowest BCUT2D eigenvalue weighted by Gasteiger charge is -2.25. The summed E-state index contributed by atoms with van der Waals surface area (Å²) in [6.45, 7) is 1.51. The van der Waals surface area contributed by atoms with Gasteiger partial charge in [0.1, 0.15) is 24.0 Å². The van der Waals surface area contributed by atoms with Crippen LogP contribution < -0.4 is 10.1 Å². The van der Waals surface area contributed by atoms with Crippen LogP contribution in [0.2, 0.25) is 0 Å². The van der Waals surface area contributed by atoms with Crippen LogP contribution in [0.25, 0.3) is 6.08 Å². The molecule has 7 heteroatoms. The van der Waals surface area contributed by atoms with Crippen molar-refractivity contribution in [2.24, 2.45) is 0 Å². The van der Waals surface area contributed by atoms with Gasteiger partial charge in [0.05, 0.1) is 0 Å². The zero-order valence-corrected chi connectivity index (χ0v) is 16.4. The highest BCUT2D eigenvalue weighted by Crippen LogP contribution is 2.21. The smallest absolute Gasteiger partial charge is 0.246 e. The number of aryl methyl sites for hydroxylation is 1. The molecular formula is C23H22FN3O3. The third-order valence-electron chi connectivity index (χ3n) is 5.12. The summed E-state index contributed by atoms with van der Waals surface area (Å²) in [5.74, 6) is 0.682. The van der Waals surface area contributed by atoms with Gasteiger partial charge < -0.3 is 15.0 Å². The SMILES string of the molecule is O=C1CCc2cc(/C=C/C(=O)N3CC=C(COc4cccc(F)c4)CC3)cnc2N1. The zero-order chi connectivity index (χ0) is 20.9. The molecule has 2 aliphatic heterocycles. The molecule has 1 aromatic heterocycles. The molecule has 0 atom stereocenters. The van der Waals surface area contributed by atoms with Crippen molar-refractivity contribution in [3.05, 3.63) is 71.2 Å². The van der Waals surface area contributed by atoms with Crippen molar-refractivity contribution >= 4 is 23.7 Å². The van der Waals surface area contributed by atoms with Crippen LogP contribution in [0, 0.1) is 5.82 Å². The molecule has 0 saturated heterocycles. The fourth-order valence-electron chi connectivity index (χ4n) is 3.41. The minimum Gasteiger partial charge on any atom is -0.489 e. The predicted octanol–water partition coefficient (Wildman–Crippen LogP) is 3.36. The fraction of sp³-hybridized carbons (Fsp3) is 0.261. The number of aromatic nitrogens is 1. The minimum absolute atomic E-state index is 0.0210. The van der Waals surface area contributed by atoms with E-state index in [0.29, 0.717) is 44.1 Å². The molecule has 0 saturated carbocycles. The second-order valence-electron chi connectivity index (χ2n) is 7.30. The van der Waals surface area contributed by atoms with Crippen LogP contribution in [-0.4, -0.2) is 41.4 Å². The number of nitrogens with one attached hydrogen (secondary N) is 1. The van der Waals surface area contributed by atoms with Gasteiger partial charge in [0.2, 0.25) is 11.8 Å². The molecule has 0 unspecified atom stereocenters. The molecule has 0 spiro atoms. The van der Waals surface area contributed by atoms with E-state index in [1.165, 1.54) is 12.1 Å². The third-order valence-corrected chi connectivity index (χ3v) is 5.12. The van der Waals surface area contributed by atoms with E-state index in [9.17, 15) is 14.0 Å². The Morgan fingerprint density at radius 3 is 2.97 bits per heavy atom. The monoisotopic (exact) mass is 407 g/mol. The molecule has 1 N–H and O–H groups in total. The van der Waals surface area contributed by atoms with Gasteiger partial charge in [-0.05, 0) is 53.8 Å². The summed E-state index contributed by atoms with van der Waals surface area (Å²) in [6.07, 6.45) is 8.75. The highest BCUT2D eigenvalue weighted by molar-refractivity contribution is 5.94. The Morgan fingerprint density at radius 2 is 2.17 bits per heavy atom. The standard InChI is InChI=1S/C23H22FN3O3/c24-19-2-1-3-20(13-19)30-15-16-8-10-27(11-9-16)22(29)7-4-17-12-18-5-6-21(28)26-23(18)25-14-17/h1-4,7-8,12-14H,5-6,9-11,15H2,(H,25,26,28)/b7-4+. The maximum absolute atomic E-state index is 13.2. The van der Waals surface area contributed by atoms with Crippen LogP contribution in [0.1, 0.15) is 24.0 Å². The zero-order valence-electron chi connectivity index (χ0n) is 16.4. The molecule has 2 aromatic rings. The van der Waals surface area contributed by atoms with E-state index in [0.717, 1.165) is 23.1 Å². The van der Waals surface area contributed by atoms with Crippen molar-refractivity contribution < 1.29 is 18.7 Å². The van der Waals surface area contributed by atoms with Crippen LogP contribution in [0.15, 0.2) is 54.3 Å². The lowest BCUT2D eigenvalue weighted by Crippen LogP contribution is -2.34. The van der Waals surface area contributed by atoms with E-state index < -0.39 is 0 Å². The molecule has 2 amide bonds. The molecule has 0 aliphatic carbocycles. The number of benzene rings is 1. The lowest BCUT2D eigenvalue weighted by molar-refractivity contribution is -0.125. The minimum atomic E-state index is -0.326. The van der Waals surface area contributed by atoms with Gasteiger partial charge in [0.15, 0.2) is 0 Å². The quantitative estimate of drug-likeness (QED) is 0.610. The average molecular weight is 407 g/mol. The van der Waals surface area contributed by atoms with E-state index in [4.69, 9.17) is 4.74 Å². The molecule has 154 valence electrons. The maximum Gasteiger partial charge on any atom is 0.246 e. The van der Waals surface area contributed by atoms with E-state index in [1.807, 2.05) is 12.1 Å². The number of ether oxygens (including phenoxy) is 1.